The minimum atomic E-state index is -0.0398. The van der Waals surface area contributed by atoms with Crippen LogP contribution in [0.4, 0.5) is 0 Å². The lowest BCUT2D eigenvalue weighted by atomic mass is 10.0. The lowest BCUT2D eigenvalue weighted by Gasteiger charge is -2.12. The van der Waals surface area contributed by atoms with Gasteiger partial charge in [-0.2, -0.15) is 0 Å². The van der Waals surface area contributed by atoms with Gasteiger partial charge in [-0.1, -0.05) is 24.3 Å². The monoisotopic (exact) mass is 261 g/mol. The molecule has 1 aliphatic rings. The van der Waals surface area contributed by atoms with Crippen LogP contribution >= 0.6 is 0 Å². The Bertz CT molecular complexity index is 474. The normalized spacial score (nSPS) is 18.2. The fourth-order valence-electron chi connectivity index (χ4n) is 2.23. The Morgan fingerprint density at radius 3 is 2.74 bits per heavy atom. The first-order valence-electron chi connectivity index (χ1n) is 6.52. The second kappa shape index (κ2) is 6.33. The summed E-state index contributed by atoms with van der Waals surface area (Å²) in [5.74, 6) is 0.0229. The molecule has 2 rings (SSSR count). The Kier molecular flexibility index (Phi) is 4.52. The van der Waals surface area contributed by atoms with Crippen molar-refractivity contribution in [3.63, 3.8) is 0 Å². The predicted octanol–water partition coefficient (Wildman–Crippen LogP) is 0.0826. The van der Waals surface area contributed by atoms with E-state index in [1.807, 2.05) is 24.3 Å². The molecule has 0 radical (unpaired) electrons. The minimum absolute atomic E-state index is 0.0398. The molecule has 1 aromatic rings. The summed E-state index contributed by atoms with van der Waals surface area (Å²) >= 11 is 0. The second-order valence-electron chi connectivity index (χ2n) is 4.76. The molecule has 1 saturated heterocycles. The first-order chi connectivity index (χ1) is 9.19. The van der Waals surface area contributed by atoms with E-state index in [9.17, 15) is 9.59 Å². The van der Waals surface area contributed by atoms with Crippen molar-refractivity contribution in [1.29, 1.82) is 0 Å². The van der Waals surface area contributed by atoms with Crippen LogP contribution in [0.15, 0.2) is 24.3 Å². The largest absolute Gasteiger partial charge is 0.354 e. The van der Waals surface area contributed by atoms with E-state index in [1.54, 1.807) is 0 Å². The summed E-state index contributed by atoms with van der Waals surface area (Å²) < 4.78 is 0. The van der Waals surface area contributed by atoms with Gasteiger partial charge in [-0.15, -0.1) is 0 Å². The number of nitrogens with two attached hydrogens (primary N) is 1. The van der Waals surface area contributed by atoms with Crippen molar-refractivity contribution in [2.24, 2.45) is 5.73 Å². The van der Waals surface area contributed by atoms with Crippen molar-refractivity contribution in [2.45, 2.75) is 31.8 Å². The van der Waals surface area contributed by atoms with Crippen molar-refractivity contribution < 1.29 is 9.59 Å². The molecule has 102 valence electrons. The van der Waals surface area contributed by atoms with Crippen molar-refractivity contribution in [3.05, 3.63) is 35.4 Å². The van der Waals surface area contributed by atoms with E-state index in [0.717, 1.165) is 17.5 Å². The van der Waals surface area contributed by atoms with Gasteiger partial charge in [0.05, 0.1) is 6.42 Å². The smallest absolute Gasteiger partial charge is 0.224 e. The molecule has 1 heterocycles. The summed E-state index contributed by atoms with van der Waals surface area (Å²) in [6, 6.07) is 7.73. The van der Waals surface area contributed by atoms with Crippen LogP contribution in [-0.4, -0.2) is 24.4 Å². The Morgan fingerprint density at radius 2 is 2.11 bits per heavy atom. The molecule has 1 aliphatic heterocycles. The number of hydrogen-bond donors (Lipinski definition) is 3. The van der Waals surface area contributed by atoms with Crippen LogP contribution in [0, 0.1) is 0 Å². The van der Waals surface area contributed by atoms with Gasteiger partial charge in [0, 0.05) is 25.6 Å². The molecular weight excluding hydrogens is 242 g/mol. The Hall–Kier alpha value is -1.88. The van der Waals surface area contributed by atoms with E-state index in [0.29, 0.717) is 25.9 Å². The van der Waals surface area contributed by atoms with Gasteiger partial charge in [0.2, 0.25) is 11.8 Å². The van der Waals surface area contributed by atoms with Gasteiger partial charge in [-0.25, -0.2) is 0 Å². The molecular formula is C14H19N3O2. The Labute approximate surface area is 112 Å². The summed E-state index contributed by atoms with van der Waals surface area (Å²) in [5, 5.41) is 5.67. The first kappa shape index (κ1) is 13.5. The number of amides is 2. The van der Waals surface area contributed by atoms with Gasteiger partial charge >= 0.3 is 0 Å². The van der Waals surface area contributed by atoms with E-state index < -0.39 is 0 Å². The zero-order valence-electron chi connectivity index (χ0n) is 10.8. The van der Waals surface area contributed by atoms with E-state index in [4.69, 9.17) is 5.73 Å². The highest BCUT2D eigenvalue weighted by Gasteiger charge is 2.20. The van der Waals surface area contributed by atoms with E-state index in [2.05, 4.69) is 10.6 Å². The second-order valence-corrected chi connectivity index (χ2v) is 4.76. The molecule has 4 N–H and O–H groups in total. The van der Waals surface area contributed by atoms with Crippen LogP contribution in [0.2, 0.25) is 0 Å². The third-order valence-electron chi connectivity index (χ3n) is 3.32. The number of rotatable bonds is 5. The average Bonchev–Trinajstić information content (AvgIpc) is 2.83. The summed E-state index contributed by atoms with van der Waals surface area (Å²) in [5.41, 5.74) is 7.58. The van der Waals surface area contributed by atoms with Gasteiger partial charge < -0.3 is 16.4 Å². The summed E-state index contributed by atoms with van der Waals surface area (Å²) in [6.07, 6.45) is 1.67. The average molecular weight is 261 g/mol. The van der Waals surface area contributed by atoms with Crippen molar-refractivity contribution >= 4 is 11.8 Å². The maximum Gasteiger partial charge on any atom is 0.224 e. The van der Waals surface area contributed by atoms with E-state index in [-0.39, 0.29) is 17.9 Å². The molecule has 0 aromatic heterocycles. The predicted molar refractivity (Wildman–Crippen MR) is 72.2 cm³/mol. The maximum absolute atomic E-state index is 11.9. The fourth-order valence-corrected chi connectivity index (χ4v) is 2.23. The summed E-state index contributed by atoms with van der Waals surface area (Å²) in [7, 11) is 0. The van der Waals surface area contributed by atoms with Crippen LogP contribution in [0.1, 0.15) is 24.0 Å². The molecule has 5 nitrogen and oxygen atoms in total. The zero-order valence-corrected chi connectivity index (χ0v) is 10.8. The summed E-state index contributed by atoms with van der Waals surface area (Å²) in [6.45, 7) is 0.928. The maximum atomic E-state index is 11.9. The third kappa shape index (κ3) is 3.79. The standard InChI is InChI=1S/C14H19N3O2/c15-8-11-4-2-1-3-10(11)7-14(19)16-9-12-5-6-13(18)17-12/h1-4,12H,5-9,15H2,(H,16,19)(H,17,18). The zero-order chi connectivity index (χ0) is 13.7. The van der Waals surface area contributed by atoms with Crippen LogP contribution in [0.25, 0.3) is 0 Å². The van der Waals surface area contributed by atoms with Gasteiger partial charge in [-0.05, 0) is 17.5 Å². The minimum Gasteiger partial charge on any atom is -0.354 e. The lowest BCUT2D eigenvalue weighted by molar-refractivity contribution is -0.121. The highest BCUT2D eigenvalue weighted by molar-refractivity contribution is 5.80. The van der Waals surface area contributed by atoms with Crippen molar-refractivity contribution in [2.75, 3.05) is 6.54 Å². The third-order valence-corrected chi connectivity index (χ3v) is 3.32. The molecule has 1 aromatic carbocycles. The van der Waals surface area contributed by atoms with Crippen LogP contribution in [0.3, 0.4) is 0 Å². The first-order valence-corrected chi connectivity index (χ1v) is 6.52. The van der Waals surface area contributed by atoms with E-state index >= 15 is 0 Å². The SMILES string of the molecule is NCc1ccccc1CC(=O)NCC1CCC(=O)N1. The van der Waals surface area contributed by atoms with Gasteiger partial charge in [0.25, 0.3) is 0 Å². The molecule has 19 heavy (non-hydrogen) atoms. The number of carbonyl (C=O) groups excluding carboxylic acids is 2. The number of nitrogens with one attached hydrogen (secondary N) is 2. The lowest BCUT2D eigenvalue weighted by Crippen LogP contribution is -2.39. The molecule has 1 atom stereocenters. The van der Waals surface area contributed by atoms with Crippen LogP contribution in [-0.2, 0) is 22.6 Å². The number of hydrogen-bond acceptors (Lipinski definition) is 3. The molecule has 1 unspecified atom stereocenters. The molecule has 1 fully saturated rings. The molecule has 0 bridgehead atoms. The molecule has 0 aliphatic carbocycles. The van der Waals surface area contributed by atoms with Crippen molar-refractivity contribution in [3.8, 4) is 0 Å². The summed E-state index contributed by atoms with van der Waals surface area (Å²) in [4.78, 5) is 22.9. The van der Waals surface area contributed by atoms with Crippen LogP contribution in [0.5, 0.6) is 0 Å². The fraction of sp³-hybridized carbons (Fsp3) is 0.429. The highest BCUT2D eigenvalue weighted by atomic mass is 16.2. The Morgan fingerprint density at radius 1 is 1.37 bits per heavy atom. The van der Waals surface area contributed by atoms with Gasteiger partial charge in [-0.3, -0.25) is 9.59 Å². The van der Waals surface area contributed by atoms with Crippen molar-refractivity contribution in [1.82, 2.24) is 10.6 Å². The molecule has 5 heteroatoms. The molecule has 0 saturated carbocycles. The molecule has 2 amide bonds. The van der Waals surface area contributed by atoms with Gasteiger partial charge in [0.1, 0.15) is 0 Å². The number of carbonyl (C=O) groups is 2. The Balaban J connectivity index is 1.82. The topological polar surface area (TPSA) is 84.2 Å². The quantitative estimate of drug-likeness (QED) is 0.702. The van der Waals surface area contributed by atoms with Crippen LogP contribution < -0.4 is 16.4 Å². The highest BCUT2D eigenvalue weighted by Crippen LogP contribution is 2.09. The number of benzene rings is 1. The van der Waals surface area contributed by atoms with Gasteiger partial charge in [0.15, 0.2) is 0 Å². The molecule has 0 spiro atoms. The van der Waals surface area contributed by atoms with E-state index in [1.165, 1.54) is 0 Å².